The smallest absolute Gasteiger partial charge is 0.270 e. The molecule has 0 atom stereocenters. The molecule has 0 bridgehead atoms. The second kappa shape index (κ2) is 6.56. The van der Waals surface area contributed by atoms with Gasteiger partial charge in [0, 0.05) is 24.2 Å². The second-order valence-electron chi connectivity index (χ2n) is 4.24. The Bertz CT molecular complexity index is 420. The van der Waals surface area contributed by atoms with Gasteiger partial charge in [-0.15, -0.1) is 12.4 Å². The first-order valence-electron chi connectivity index (χ1n) is 5.74. The molecule has 0 aromatic heterocycles. The van der Waals surface area contributed by atoms with Crippen LogP contribution in [0.2, 0.25) is 0 Å². The summed E-state index contributed by atoms with van der Waals surface area (Å²) in [6.45, 7) is 2.85. The number of hydrogen-bond donors (Lipinski definition) is 0. The van der Waals surface area contributed by atoms with Crippen LogP contribution in [0.1, 0.15) is 18.4 Å². The van der Waals surface area contributed by atoms with Gasteiger partial charge < -0.3 is 4.74 Å². The maximum absolute atomic E-state index is 10.7. The van der Waals surface area contributed by atoms with Crippen LogP contribution < -0.4 is 4.74 Å². The van der Waals surface area contributed by atoms with E-state index in [9.17, 15) is 10.1 Å². The first-order chi connectivity index (χ1) is 8.20. The summed E-state index contributed by atoms with van der Waals surface area (Å²) in [5.41, 5.74) is 1.02. The highest BCUT2D eigenvalue weighted by Crippen LogP contribution is 2.26. The molecule has 0 radical (unpaired) electrons. The summed E-state index contributed by atoms with van der Waals surface area (Å²) in [7, 11) is 1.59. The van der Waals surface area contributed by atoms with Crippen molar-refractivity contribution in [3.05, 3.63) is 33.9 Å². The van der Waals surface area contributed by atoms with Crippen LogP contribution >= 0.6 is 12.4 Å². The van der Waals surface area contributed by atoms with Crippen molar-refractivity contribution in [1.29, 1.82) is 0 Å². The van der Waals surface area contributed by atoms with Gasteiger partial charge in [0.1, 0.15) is 5.75 Å². The lowest BCUT2D eigenvalue weighted by Crippen LogP contribution is -2.18. The van der Waals surface area contributed by atoms with Crippen molar-refractivity contribution in [2.75, 3.05) is 20.2 Å². The molecule has 0 saturated carbocycles. The Hall–Kier alpha value is -1.33. The Morgan fingerprint density at radius 1 is 1.39 bits per heavy atom. The highest BCUT2D eigenvalue weighted by Gasteiger charge is 2.16. The Morgan fingerprint density at radius 3 is 2.61 bits per heavy atom. The van der Waals surface area contributed by atoms with Crippen molar-refractivity contribution in [3.8, 4) is 5.75 Å². The number of benzene rings is 1. The fraction of sp³-hybridized carbons (Fsp3) is 0.500. The molecule has 6 heteroatoms. The number of non-ortho nitro benzene ring substituents is 1. The summed E-state index contributed by atoms with van der Waals surface area (Å²) in [4.78, 5) is 12.7. The number of nitro benzene ring substituents is 1. The van der Waals surface area contributed by atoms with Gasteiger partial charge in [-0.1, -0.05) is 0 Å². The van der Waals surface area contributed by atoms with Crippen LogP contribution in [-0.4, -0.2) is 30.0 Å². The number of nitro groups is 1. The standard InChI is InChI=1S/C12H16N2O3.ClH/c1-17-12-5-4-11(14(15)16)8-10(12)9-13-6-2-3-7-13;/h4-5,8H,2-3,6-7,9H2,1H3;1H. The molecule has 0 N–H and O–H groups in total. The molecular formula is C12H17ClN2O3. The number of hydrogen-bond acceptors (Lipinski definition) is 4. The Balaban J connectivity index is 0.00000162. The molecule has 18 heavy (non-hydrogen) atoms. The molecule has 5 nitrogen and oxygen atoms in total. The minimum atomic E-state index is -0.368. The van der Waals surface area contributed by atoms with Gasteiger partial charge in [-0.2, -0.15) is 0 Å². The maximum Gasteiger partial charge on any atom is 0.270 e. The molecule has 2 rings (SSSR count). The van der Waals surface area contributed by atoms with Crippen molar-refractivity contribution in [1.82, 2.24) is 4.90 Å². The van der Waals surface area contributed by atoms with Gasteiger partial charge in [0.05, 0.1) is 12.0 Å². The van der Waals surface area contributed by atoms with Crippen LogP contribution in [0, 0.1) is 10.1 Å². The van der Waals surface area contributed by atoms with E-state index in [1.54, 1.807) is 19.2 Å². The number of halogens is 1. The summed E-state index contributed by atoms with van der Waals surface area (Å²) in [6.07, 6.45) is 2.41. The van der Waals surface area contributed by atoms with Gasteiger partial charge >= 0.3 is 0 Å². The van der Waals surface area contributed by atoms with Crippen LogP contribution in [0.3, 0.4) is 0 Å². The lowest BCUT2D eigenvalue weighted by atomic mass is 10.1. The Kier molecular flexibility index (Phi) is 5.37. The molecule has 0 amide bonds. The van der Waals surface area contributed by atoms with E-state index in [4.69, 9.17) is 4.74 Å². The minimum absolute atomic E-state index is 0. The average Bonchev–Trinajstić information content (AvgIpc) is 2.81. The molecule has 0 aliphatic carbocycles. The predicted octanol–water partition coefficient (Wildman–Crippen LogP) is 2.62. The zero-order valence-corrected chi connectivity index (χ0v) is 11.1. The number of likely N-dealkylation sites (tertiary alicyclic amines) is 1. The summed E-state index contributed by atoms with van der Waals surface area (Å²) >= 11 is 0. The first kappa shape index (κ1) is 14.7. The van der Waals surface area contributed by atoms with Gasteiger partial charge in [-0.05, 0) is 32.0 Å². The van der Waals surface area contributed by atoms with Crippen molar-refractivity contribution >= 4 is 18.1 Å². The normalized spacial score (nSPS) is 15.2. The van der Waals surface area contributed by atoms with E-state index in [0.29, 0.717) is 0 Å². The molecule has 0 unspecified atom stereocenters. The van der Waals surface area contributed by atoms with Crippen LogP contribution in [-0.2, 0) is 6.54 Å². The monoisotopic (exact) mass is 272 g/mol. The van der Waals surface area contributed by atoms with E-state index in [2.05, 4.69) is 4.90 Å². The van der Waals surface area contributed by atoms with E-state index >= 15 is 0 Å². The van der Waals surface area contributed by atoms with Crippen molar-refractivity contribution < 1.29 is 9.66 Å². The van der Waals surface area contributed by atoms with Crippen molar-refractivity contribution in [2.24, 2.45) is 0 Å². The average molecular weight is 273 g/mol. The molecule has 1 aliphatic rings. The quantitative estimate of drug-likeness (QED) is 0.624. The molecule has 1 saturated heterocycles. The predicted molar refractivity (Wildman–Crippen MR) is 71.4 cm³/mol. The molecule has 1 aromatic rings. The lowest BCUT2D eigenvalue weighted by molar-refractivity contribution is -0.384. The molecule has 1 aromatic carbocycles. The fourth-order valence-electron chi connectivity index (χ4n) is 2.18. The highest BCUT2D eigenvalue weighted by atomic mass is 35.5. The third kappa shape index (κ3) is 3.34. The minimum Gasteiger partial charge on any atom is -0.496 e. The number of nitrogens with zero attached hydrogens (tertiary/aromatic N) is 2. The SMILES string of the molecule is COc1ccc([N+](=O)[O-])cc1CN1CCCC1.Cl. The molecule has 1 aliphatic heterocycles. The Labute approximate surface area is 112 Å². The topological polar surface area (TPSA) is 55.6 Å². The summed E-state index contributed by atoms with van der Waals surface area (Å²) in [5, 5.41) is 10.7. The van der Waals surface area contributed by atoms with Crippen LogP contribution in [0.4, 0.5) is 5.69 Å². The van der Waals surface area contributed by atoms with Crippen molar-refractivity contribution in [3.63, 3.8) is 0 Å². The van der Waals surface area contributed by atoms with E-state index in [0.717, 1.165) is 30.9 Å². The third-order valence-electron chi connectivity index (χ3n) is 3.07. The van der Waals surface area contributed by atoms with E-state index < -0.39 is 0 Å². The zero-order chi connectivity index (χ0) is 12.3. The van der Waals surface area contributed by atoms with Gasteiger partial charge in [-0.3, -0.25) is 15.0 Å². The van der Waals surface area contributed by atoms with E-state index in [-0.39, 0.29) is 23.0 Å². The van der Waals surface area contributed by atoms with Crippen LogP contribution in [0.5, 0.6) is 5.75 Å². The Morgan fingerprint density at radius 2 is 2.06 bits per heavy atom. The number of rotatable bonds is 4. The molecule has 100 valence electrons. The van der Waals surface area contributed by atoms with Gasteiger partial charge in [0.2, 0.25) is 0 Å². The third-order valence-corrected chi connectivity index (χ3v) is 3.07. The second-order valence-corrected chi connectivity index (χ2v) is 4.24. The molecular weight excluding hydrogens is 256 g/mol. The van der Waals surface area contributed by atoms with Crippen LogP contribution in [0.25, 0.3) is 0 Å². The van der Waals surface area contributed by atoms with Crippen LogP contribution in [0.15, 0.2) is 18.2 Å². The zero-order valence-electron chi connectivity index (χ0n) is 10.3. The van der Waals surface area contributed by atoms with Gasteiger partial charge in [0.25, 0.3) is 5.69 Å². The van der Waals surface area contributed by atoms with E-state index in [1.165, 1.54) is 18.9 Å². The molecule has 1 fully saturated rings. The van der Waals surface area contributed by atoms with E-state index in [1.807, 2.05) is 0 Å². The van der Waals surface area contributed by atoms with Crippen molar-refractivity contribution in [2.45, 2.75) is 19.4 Å². The molecule has 0 spiro atoms. The number of methoxy groups -OCH3 is 1. The lowest BCUT2D eigenvalue weighted by Gasteiger charge is -2.16. The largest absolute Gasteiger partial charge is 0.496 e. The summed E-state index contributed by atoms with van der Waals surface area (Å²) in [6, 6.07) is 4.76. The summed E-state index contributed by atoms with van der Waals surface area (Å²) in [5.74, 6) is 0.725. The van der Waals surface area contributed by atoms with Gasteiger partial charge in [-0.25, -0.2) is 0 Å². The molecule has 1 heterocycles. The highest BCUT2D eigenvalue weighted by molar-refractivity contribution is 5.85. The summed E-state index contributed by atoms with van der Waals surface area (Å²) < 4.78 is 5.24. The first-order valence-corrected chi connectivity index (χ1v) is 5.74. The fourth-order valence-corrected chi connectivity index (χ4v) is 2.18. The van der Waals surface area contributed by atoms with Gasteiger partial charge in [0.15, 0.2) is 0 Å². The maximum atomic E-state index is 10.7. The number of ether oxygens (including phenoxy) is 1.